The molecule has 1 aliphatic rings. The molecule has 15 heavy (non-hydrogen) atoms. The number of aliphatic hydroxyl groups is 1. The van der Waals surface area contributed by atoms with Crippen LogP contribution >= 0.6 is 0 Å². The van der Waals surface area contributed by atoms with E-state index in [1.807, 2.05) is 4.90 Å². The number of hydrogen-bond acceptors (Lipinski definition) is 6. The first kappa shape index (κ1) is 12.8. The van der Waals surface area contributed by atoms with Gasteiger partial charge >= 0.3 is 0 Å². The van der Waals surface area contributed by atoms with Gasteiger partial charge in [-0.15, -0.1) is 0 Å². The Kier molecular flexibility index (Phi) is 4.91. The lowest BCUT2D eigenvalue weighted by Crippen LogP contribution is -2.56. The van der Waals surface area contributed by atoms with Crippen LogP contribution in [0.2, 0.25) is 0 Å². The number of likely N-dealkylation sites (tertiary alicyclic amines) is 1. The molecule has 2 atom stereocenters. The van der Waals surface area contributed by atoms with Gasteiger partial charge in [0.1, 0.15) is 0 Å². The summed E-state index contributed by atoms with van der Waals surface area (Å²) in [5, 5.41) is 21.5. The molecule has 1 aliphatic heterocycles. The SMILES string of the molecule is CON(C)C(N(C)O)N1CCCC1CO. The maximum absolute atomic E-state index is 9.58. The average molecular weight is 219 g/mol. The molecule has 2 unspecified atom stereocenters. The molecule has 1 rings (SSSR count). The van der Waals surface area contributed by atoms with Crippen molar-refractivity contribution >= 4 is 0 Å². The molecule has 0 aliphatic carbocycles. The number of nitrogens with zero attached hydrogens (tertiary/aromatic N) is 3. The van der Waals surface area contributed by atoms with Crippen LogP contribution in [0.25, 0.3) is 0 Å². The zero-order chi connectivity index (χ0) is 11.4. The van der Waals surface area contributed by atoms with Crippen LogP contribution in [0.5, 0.6) is 0 Å². The van der Waals surface area contributed by atoms with Crippen LogP contribution in [0.3, 0.4) is 0 Å². The van der Waals surface area contributed by atoms with Crippen LogP contribution < -0.4 is 0 Å². The minimum Gasteiger partial charge on any atom is -0.395 e. The summed E-state index contributed by atoms with van der Waals surface area (Å²) in [4.78, 5) is 7.12. The Balaban J connectivity index is 2.70. The summed E-state index contributed by atoms with van der Waals surface area (Å²) in [6.45, 7) is 0.969. The summed E-state index contributed by atoms with van der Waals surface area (Å²) >= 11 is 0. The molecule has 1 fully saturated rings. The van der Waals surface area contributed by atoms with Crippen LogP contribution in [0, 0.1) is 0 Å². The molecule has 0 spiro atoms. The molecule has 1 heterocycles. The molecule has 0 amide bonds. The average Bonchev–Trinajstić information content (AvgIpc) is 2.65. The first-order valence-corrected chi connectivity index (χ1v) is 5.17. The van der Waals surface area contributed by atoms with Crippen molar-refractivity contribution in [1.82, 2.24) is 15.0 Å². The standard InChI is InChI=1S/C9H21N3O3/c1-10(14)9(11(2)15-3)12-6-4-5-8(12)7-13/h8-9,13-14H,4-7H2,1-3H3. The second-order valence-electron chi connectivity index (χ2n) is 3.87. The van der Waals surface area contributed by atoms with Crippen molar-refractivity contribution in [2.75, 3.05) is 34.4 Å². The largest absolute Gasteiger partial charge is 0.395 e. The van der Waals surface area contributed by atoms with Crippen LogP contribution in [0.15, 0.2) is 0 Å². The highest BCUT2D eigenvalue weighted by molar-refractivity contribution is 4.80. The maximum atomic E-state index is 9.58. The number of hydrogen-bond donors (Lipinski definition) is 2. The molecule has 1 saturated heterocycles. The molecule has 0 aromatic heterocycles. The smallest absolute Gasteiger partial charge is 0.164 e. The zero-order valence-electron chi connectivity index (χ0n) is 9.63. The van der Waals surface area contributed by atoms with E-state index in [2.05, 4.69) is 0 Å². The van der Waals surface area contributed by atoms with E-state index in [4.69, 9.17) is 4.84 Å². The molecule has 0 saturated carbocycles. The minimum atomic E-state index is -0.352. The van der Waals surface area contributed by atoms with Gasteiger partial charge < -0.3 is 10.3 Å². The van der Waals surface area contributed by atoms with Crippen molar-refractivity contribution in [3.05, 3.63) is 0 Å². The molecular weight excluding hydrogens is 198 g/mol. The van der Waals surface area contributed by atoms with E-state index >= 15 is 0 Å². The third-order valence-corrected chi connectivity index (χ3v) is 2.88. The third kappa shape index (κ3) is 2.87. The van der Waals surface area contributed by atoms with Crippen LogP contribution in [0.1, 0.15) is 12.8 Å². The highest BCUT2D eigenvalue weighted by Gasteiger charge is 2.34. The first-order valence-electron chi connectivity index (χ1n) is 5.17. The Hall–Kier alpha value is -0.240. The third-order valence-electron chi connectivity index (χ3n) is 2.88. The molecule has 0 radical (unpaired) electrons. The van der Waals surface area contributed by atoms with Gasteiger partial charge in [-0.25, -0.2) is 0 Å². The summed E-state index contributed by atoms with van der Waals surface area (Å²) in [7, 11) is 4.89. The second kappa shape index (κ2) is 5.74. The van der Waals surface area contributed by atoms with Crippen molar-refractivity contribution in [1.29, 1.82) is 0 Å². The highest BCUT2D eigenvalue weighted by Crippen LogP contribution is 2.21. The Labute approximate surface area is 90.5 Å². The van der Waals surface area contributed by atoms with Gasteiger partial charge in [-0.2, -0.15) is 10.1 Å². The summed E-state index contributed by atoms with van der Waals surface area (Å²) in [5.41, 5.74) is 0. The van der Waals surface area contributed by atoms with Crippen molar-refractivity contribution in [2.45, 2.75) is 25.2 Å². The highest BCUT2D eigenvalue weighted by atomic mass is 16.7. The molecule has 2 N–H and O–H groups in total. The predicted octanol–water partition coefficient (Wildman–Crippen LogP) is -0.459. The van der Waals surface area contributed by atoms with Crippen LogP contribution in [0.4, 0.5) is 0 Å². The van der Waals surface area contributed by atoms with Gasteiger partial charge in [-0.05, 0) is 12.8 Å². The van der Waals surface area contributed by atoms with E-state index in [1.165, 1.54) is 0 Å². The zero-order valence-corrected chi connectivity index (χ0v) is 9.63. The number of hydroxylamine groups is 4. The minimum absolute atomic E-state index is 0.0993. The summed E-state index contributed by atoms with van der Waals surface area (Å²) in [5.74, 6) is 0. The summed E-state index contributed by atoms with van der Waals surface area (Å²) in [6, 6.07) is 0.0993. The van der Waals surface area contributed by atoms with Crippen LogP contribution in [-0.2, 0) is 4.84 Å². The van der Waals surface area contributed by atoms with Gasteiger partial charge in [-0.1, -0.05) is 0 Å². The quantitative estimate of drug-likeness (QED) is 0.482. The molecule has 0 aromatic carbocycles. The normalized spacial score (nSPS) is 25.4. The van der Waals surface area contributed by atoms with Gasteiger partial charge in [-0.3, -0.25) is 9.74 Å². The molecule has 90 valence electrons. The van der Waals surface area contributed by atoms with E-state index in [9.17, 15) is 10.3 Å². The fourth-order valence-electron chi connectivity index (χ4n) is 2.11. The fourth-order valence-corrected chi connectivity index (χ4v) is 2.11. The molecule has 0 bridgehead atoms. The Morgan fingerprint density at radius 1 is 1.53 bits per heavy atom. The Morgan fingerprint density at radius 3 is 2.67 bits per heavy atom. The Morgan fingerprint density at radius 2 is 2.20 bits per heavy atom. The van der Waals surface area contributed by atoms with Crippen molar-refractivity contribution in [3.8, 4) is 0 Å². The number of rotatable bonds is 5. The van der Waals surface area contributed by atoms with Crippen LogP contribution in [-0.4, -0.2) is 72.0 Å². The molecule has 6 heteroatoms. The van der Waals surface area contributed by atoms with Gasteiger partial charge in [0.05, 0.1) is 13.7 Å². The van der Waals surface area contributed by atoms with E-state index in [-0.39, 0.29) is 18.9 Å². The predicted molar refractivity (Wildman–Crippen MR) is 54.9 cm³/mol. The van der Waals surface area contributed by atoms with Gasteiger partial charge in [0.25, 0.3) is 0 Å². The van der Waals surface area contributed by atoms with E-state index in [0.29, 0.717) is 0 Å². The van der Waals surface area contributed by atoms with E-state index < -0.39 is 0 Å². The van der Waals surface area contributed by atoms with Gasteiger partial charge in [0, 0.05) is 26.7 Å². The van der Waals surface area contributed by atoms with Gasteiger partial charge in [0.2, 0.25) is 0 Å². The second-order valence-corrected chi connectivity index (χ2v) is 3.87. The fraction of sp³-hybridized carbons (Fsp3) is 1.00. The summed E-state index contributed by atoms with van der Waals surface area (Å²) in [6.07, 6.45) is 1.64. The Bertz CT molecular complexity index is 191. The summed E-state index contributed by atoms with van der Waals surface area (Å²) < 4.78 is 0. The maximum Gasteiger partial charge on any atom is 0.164 e. The molecule has 6 nitrogen and oxygen atoms in total. The topological polar surface area (TPSA) is 59.4 Å². The van der Waals surface area contributed by atoms with E-state index in [1.54, 1.807) is 26.3 Å². The molecule has 0 aromatic rings. The van der Waals surface area contributed by atoms with Crippen molar-refractivity contribution in [2.24, 2.45) is 0 Å². The lowest BCUT2D eigenvalue weighted by Gasteiger charge is -2.39. The van der Waals surface area contributed by atoms with Crippen molar-refractivity contribution < 1.29 is 15.2 Å². The van der Waals surface area contributed by atoms with Gasteiger partial charge in [0.15, 0.2) is 6.29 Å². The number of aliphatic hydroxyl groups excluding tert-OH is 1. The lowest BCUT2D eigenvalue weighted by molar-refractivity contribution is -0.292. The molecular formula is C9H21N3O3. The first-order chi connectivity index (χ1) is 7.11. The van der Waals surface area contributed by atoms with Crippen molar-refractivity contribution in [3.63, 3.8) is 0 Å². The lowest BCUT2D eigenvalue weighted by atomic mass is 10.2. The monoisotopic (exact) mass is 219 g/mol. The van der Waals surface area contributed by atoms with E-state index in [0.717, 1.165) is 24.4 Å².